The van der Waals surface area contributed by atoms with Gasteiger partial charge in [0.2, 0.25) is 0 Å². The number of nitrogen functional groups attached to an aromatic ring is 1. The number of hydrogen-bond acceptors (Lipinski definition) is 2. The maximum Gasteiger partial charge on any atom is 0.254 e. The maximum absolute atomic E-state index is 13.4. The summed E-state index contributed by atoms with van der Waals surface area (Å²) < 4.78 is 13.4. The third kappa shape index (κ3) is 3.60. The van der Waals surface area contributed by atoms with E-state index in [4.69, 9.17) is 5.73 Å². The van der Waals surface area contributed by atoms with E-state index in [1.165, 1.54) is 18.2 Å². The number of carbonyl (C=O) groups excluding carboxylic acids is 1. The number of amides is 1. The summed E-state index contributed by atoms with van der Waals surface area (Å²) in [6.45, 7) is 4.95. The zero-order valence-corrected chi connectivity index (χ0v) is 12.3. The van der Waals surface area contributed by atoms with E-state index in [9.17, 15) is 9.18 Å². The lowest BCUT2D eigenvalue weighted by Crippen LogP contribution is -2.30. The molecule has 0 aliphatic carbocycles. The molecule has 0 spiro atoms. The molecule has 110 valence electrons. The number of benzene rings is 2. The average molecular weight is 286 g/mol. The fourth-order valence-electron chi connectivity index (χ4n) is 2.24. The molecule has 2 rings (SSSR count). The summed E-state index contributed by atoms with van der Waals surface area (Å²) in [5.74, 6) is -0.711. The number of anilines is 1. The molecule has 0 heterocycles. The van der Waals surface area contributed by atoms with Gasteiger partial charge in [0.25, 0.3) is 5.91 Å². The van der Waals surface area contributed by atoms with Crippen molar-refractivity contribution in [2.45, 2.75) is 20.4 Å². The summed E-state index contributed by atoms with van der Waals surface area (Å²) in [6, 6.07) is 11.8. The molecule has 2 aromatic rings. The summed E-state index contributed by atoms with van der Waals surface area (Å²) in [5.41, 5.74) is 8.35. The van der Waals surface area contributed by atoms with Crippen LogP contribution in [0.25, 0.3) is 0 Å². The topological polar surface area (TPSA) is 46.3 Å². The molecule has 0 saturated heterocycles. The van der Waals surface area contributed by atoms with Crippen molar-refractivity contribution in [3.05, 3.63) is 65.0 Å². The summed E-state index contributed by atoms with van der Waals surface area (Å²) in [4.78, 5) is 14.2. The molecule has 2 N–H and O–H groups in total. The van der Waals surface area contributed by atoms with Crippen molar-refractivity contribution in [1.29, 1.82) is 0 Å². The van der Waals surface area contributed by atoms with Crippen molar-refractivity contribution < 1.29 is 9.18 Å². The number of aryl methyl sites for hydroxylation is 1. The third-order valence-corrected chi connectivity index (χ3v) is 3.46. The summed E-state index contributed by atoms with van der Waals surface area (Å²) >= 11 is 0. The fraction of sp³-hybridized carbons (Fsp3) is 0.235. The van der Waals surface area contributed by atoms with Crippen molar-refractivity contribution in [2.75, 3.05) is 12.3 Å². The quantitative estimate of drug-likeness (QED) is 0.876. The normalized spacial score (nSPS) is 10.4. The Morgan fingerprint density at radius 1 is 1.24 bits per heavy atom. The minimum atomic E-state index is -0.495. The zero-order valence-electron chi connectivity index (χ0n) is 12.3. The first kappa shape index (κ1) is 15.0. The van der Waals surface area contributed by atoms with Crippen molar-refractivity contribution in [2.24, 2.45) is 0 Å². The Labute approximate surface area is 124 Å². The predicted molar refractivity (Wildman–Crippen MR) is 82.4 cm³/mol. The van der Waals surface area contributed by atoms with Crippen molar-refractivity contribution in [3.63, 3.8) is 0 Å². The molecule has 4 heteroatoms. The second kappa shape index (κ2) is 6.39. The van der Waals surface area contributed by atoms with Crippen LogP contribution in [0, 0.1) is 12.7 Å². The van der Waals surface area contributed by atoms with Gasteiger partial charge in [-0.1, -0.05) is 24.3 Å². The van der Waals surface area contributed by atoms with Crippen molar-refractivity contribution in [1.82, 2.24) is 4.90 Å². The first-order valence-electron chi connectivity index (χ1n) is 6.91. The van der Waals surface area contributed by atoms with Gasteiger partial charge in [-0.15, -0.1) is 0 Å². The van der Waals surface area contributed by atoms with Gasteiger partial charge in [0.05, 0.1) is 0 Å². The Morgan fingerprint density at radius 3 is 2.57 bits per heavy atom. The molecule has 0 atom stereocenters. The minimum absolute atomic E-state index is 0.216. The van der Waals surface area contributed by atoms with E-state index in [0.717, 1.165) is 11.1 Å². The lowest BCUT2D eigenvalue weighted by Gasteiger charge is -2.22. The fourth-order valence-corrected chi connectivity index (χ4v) is 2.24. The van der Waals surface area contributed by atoms with Gasteiger partial charge in [-0.25, -0.2) is 4.39 Å². The largest absolute Gasteiger partial charge is 0.399 e. The highest BCUT2D eigenvalue weighted by Crippen LogP contribution is 2.16. The highest BCUT2D eigenvalue weighted by atomic mass is 19.1. The molecule has 0 fully saturated rings. The van der Waals surface area contributed by atoms with Crippen LogP contribution in [0.15, 0.2) is 42.5 Å². The number of halogens is 1. The number of rotatable bonds is 4. The number of nitrogens with two attached hydrogens (primary N) is 1. The maximum atomic E-state index is 13.4. The second-order valence-electron chi connectivity index (χ2n) is 5.02. The monoisotopic (exact) mass is 286 g/mol. The number of hydrogen-bond donors (Lipinski definition) is 1. The first-order chi connectivity index (χ1) is 10.0. The Morgan fingerprint density at radius 2 is 1.95 bits per heavy atom. The average Bonchev–Trinajstić information content (AvgIpc) is 2.44. The standard InChI is InChI=1S/C17H19FN2O/c1-3-20(11-13-7-5-4-6-12(13)2)17(21)14-8-15(18)10-16(19)9-14/h4-10H,3,11,19H2,1-2H3. The van der Waals surface area contributed by atoms with Crippen LogP contribution in [0.1, 0.15) is 28.4 Å². The van der Waals surface area contributed by atoms with Gasteiger partial charge in [0, 0.05) is 24.3 Å². The van der Waals surface area contributed by atoms with E-state index in [2.05, 4.69) is 0 Å². The highest BCUT2D eigenvalue weighted by molar-refractivity contribution is 5.95. The van der Waals surface area contributed by atoms with E-state index in [1.54, 1.807) is 4.90 Å². The van der Waals surface area contributed by atoms with Crippen LogP contribution < -0.4 is 5.73 Å². The minimum Gasteiger partial charge on any atom is -0.399 e. The molecule has 2 aromatic carbocycles. The Balaban J connectivity index is 2.24. The summed E-state index contributed by atoms with van der Waals surface area (Å²) in [5, 5.41) is 0. The predicted octanol–water partition coefficient (Wildman–Crippen LogP) is 3.38. The van der Waals surface area contributed by atoms with Gasteiger partial charge in [0.1, 0.15) is 5.82 Å². The molecule has 3 nitrogen and oxygen atoms in total. The zero-order chi connectivity index (χ0) is 15.4. The molecule has 1 amide bonds. The van der Waals surface area contributed by atoms with Gasteiger partial charge < -0.3 is 10.6 Å². The smallest absolute Gasteiger partial charge is 0.254 e. The van der Waals surface area contributed by atoms with Crippen LogP contribution in [0.4, 0.5) is 10.1 Å². The van der Waals surface area contributed by atoms with Crippen LogP contribution in [0.3, 0.4) is 0 Å². The Kier molecular flexibility index (Phi) is 4.58. The first-order valence-corrected chi connectivity index (χ1v) is 6.91. The van der Waals surface area contributed by atoms with Gasteiger partial charge in [-0.2, -0.15) is 0 Å². The lowest BCUT2D eigenvalue weighted by atomic mass is 10.1. The van der Waals surface area contributed by atoms with Crippen LogP contribution >= 0.6 is 0 Å². The molecular weight excluding hydrogens is 267 g/mol. The summed E-state index contributed by atoms with van der Waals surface area (Å²) in [7, 11) is 0. The second-order valence-corrected chi connectivity index (χ2v) is 5.02. The molecular formula is C17H19FN2O. The molecule has 0 aliphatic rings. The van der Waals surface area contributed by atoms with Crippen LogP contribution in [-0.2, 0) is 6.54 Å². The Bertz CT molecular complexity index is 635. The van der Waals surface area contributed by atoms with E-state index in [1.807, 2.05) is 38.1 Å². The molecule has 21 heavy (non-hydrogen) atoms. The highest BCUT2D eigenvalue weighted by Gasteiger charge is 2.16. The van der Waals surface area contributed by atoms with Gasteiger partial charge in [-0.3, -0.25) is 4.79 Å². The van der Waals surface area contributed by atoms with E-state index in [-0.39, 0.29) is 17.2 Å². The molecule has 0 bridgehead atoms. The molecule has 0 radical (unpaired) electrons. The van der Waals surface area contributed by atoms with Crippen molar-refractivity contribution >= 4 is 11.6 Å². The van der Waals surface area contributed by atoms with Gasteiger partial charge in [-0.05, 0) is 43.2 Å². The molecule has 0 unspecified atom stereocenters. The summed E-state index contributed by atoms with van der Waals surface area (Å²) in [6.07, 6.45) is 0. The van der Waals surface area contributed by atoms with Crippen LogP contribution in [-0.4, -0.2) is 17.4 Å². The number of carbonyl (C=O) groups is 1. The van der Waals surface area contributed by atoms with E-state index < -0.39 is 5.82 Å². The Hall–Kier alpha value is -2.36. The van der Waals surface area contributed by atoms with Crippen LogP contribution in [0.5, 0.6) is 0 Å². The van der Waals surface area contributed by atoms with Gasteiger partial charge >= 0.3 is 0 Å². The number of nitrogens with zero attached hydrogens (tertiary/aromatic N) is 1. The lowest BCUT2D eigenvalue weighted by molar-refractivity contribution is 0.0752. The van der Waals surface area contributed by atoms with Crippen LogP contribution in [0.2, 0.25) is 0 Å². The molecule has 0 aromatic heterocycles. The molecule has 0 saturated carbocycles. The SMILES string of the molecule is CCN(Cc1ccccc1C)C(=O)c1cc(N)cc(F)c1. The van der Waals surface area contributed by atoms with Gasteiger partial charge in [0.15, 0.2) is 0 Å². The van der Waals surface area contributed by atoms with E-state index in [0.29, 0.717) is 13.1 Å². The molecule has 0 aliphatic heterocycles. The van der Waals surface area contributed by atoms with Crippen molar-refractivity contribution in [3.8, 4) is 0 Å². The third-order valence-electron chi connectivity index (χ3n) is 3.46. The van der Waals surface area contributed by atoms with E-state index >= 15 is 0 Å².